The van der Waals surface area contributed by atoms with Crippen LogP contribution in [0.3, 0.4) is 0 Å². The highest BCUT2D eigenvalue weighted by Crippen LogP contribution is 2.26. The largest absolute Gasteiger partial charge is 0.396 e. The molecule has 2 aliphatic rings. The standard InChI is InChI=1S/C26H25N7O2/c34-14-7-21-22(19-3-1-4-20(17-19)33-11-2-8-28-33)24-25(29-21)23(18-5-9-27-10-6-18)30-26(31-24)32-12-15-35-16-13-32/h1-6,8-11,17,21,34H,7,12-16H2. The van der Waals surface area contributed by atoms with Crippen LogP contribution in [0, 0.1) is 0 Å². The number of aliphatic hydroxyl groups is 1. The van der Waals surface area contributed by atoms with Crippen LogP contribution in [0.15, 0.2) is 72.2 Å². The van der Waals surface area contributed by atoms with Gasteiger partial charge >= 0.3 is 0 Å². The van der Waals surface area contributed by atoms with Crippen LogP contribution in [-0.4, -0.2) is 68.8 Å². The molecule has 1 atom stereocenters. The maximum Gasteiger partial charge on any atom is 0.226 e. The summed E-state index contributed by atoms with van der Waals surface area (Å²) in [7, 11) is 0. The molecule has 5 heterocycles. The first kappa shape index (κ1) is 21.6. The van der Waals surface area contributed by atoms with E-state index in [4.69, 9.17) is 19.7 Å². The summed E-state index contributed by atoms with van der Waals surface area (Å²) in [5, 5.41) is 15.8. The second-order valence-electron chi connectivity index (χ2n) is 8.48. The molecular formula is C26H25N7O2. The fourth-order valence-corrected chi connectivity index (χ4v) is 4.64. The molecule has 176 valence electrons. The zero-order valence-corrected chi connectivity index (χ0v) is 19.2. The lowest BCUT2D eigenvalue weighted by molar-refractivity contribution is 0.122. The minimum absolute atomic E-state index is 0.0266. The Morgan fingerprint density at radius 1 is 0.971 bits per heavy atom. The number of fused-ring (bicyclic) bond motifs is 1. The van der Waals surface area contributed by atoms with Gasteiger partial charge in [0.05, 0.1) is 24.9 Å². The molecule has 6 rings (SSSR count). The number of anilines is 1. The van der Waals surface area contributed by atoms with Crippen LogP contribution >= 0.6 is 0 Å². The Bertz CT molecular complexity index is 1450. The van der Waals surface area contributed by atoms with Gasteiger partial charge in [-0.15, -0.1) is 0 Å². The van der Waals surface area contributed by atoms with E-state index in [-0.39, 0.29) is 12.6 Å². The molecule has 35 heavy (non-hydrogen) atoms. The third-order valence-electron chi connectivity index (χ3n) is 6.32. The van der Waals surface area contributed by atoms with Crippen molar-refractivity contribution in [3.05, 3.63) is 83.5 Å². The molecule has 1 fully saturated rings. The molecule has 4 aromatic rings. The van der Waals surface area contributed by atoms with Crippen molar-refractivity contribution < 1.29 is 9.84 Å². The van der Waals surface area contributed by atoms with Gasteiger partial charge in [-0.25, -0.2) is 14.6 Å². The predicted octanol–water partition coefficient (Wildman–Crippen LogP) is 1.14. The van der Waals surface area contributed by atoms with E-state index in [1.54, 1.807) is 18.6 Å². The van der Waals surface area contributed by atoms with E-state index >= 15 is 0 Å². The van der Waals surface area contributed by atoms with E-state index in [9.17, 15) is 5.11 Å². The van der Waals surface area contributed by atoms with E-state index in [1.165, 1.54) is 0 Å². The normalized spacial score (nSPS) is 17.3. The molecule has 0 radical (unpaired) electrons. The highest BCUT2D eigenvalue weighted by Gasteiger charge is 2.27. The minimum atomic E-state index is -0.224. The summed E-state index contributed by atoms with van der Waals surface area (Å²) in [4.78, 5) is 21.4. The van der Waals surface area contributed by atoms with Crippen LogP contribution < -0.4 is 15.6 Å². The molecule has 1 saturated heterocycles. The van der Waals surface area contributed by atoms with Crippen molar-refractivity contribution >= 4 is 11.5 Å². The maximum absolute atomic E-state index is 9.87. The molecule has 3 aromatic heterocycles. The zero-order chi connectivity index (χ0) is 23.6. The smallest absolute Gasteiger partial charge is 0.226 e. The van der Waals surface area contributed by atoms with E-state index in [2.05, 4.69) is 27.1 Å². The monoisotopic (exact) mass is 467 g/mol. The average Bonchev–Trinajstić information content (AvgIpc) is 3.58. The molecule has 0 bridgehead atoms. The topological polar surface area (TPSA) is 102 Å². The molecule has 1 unspecified atom stereocenters. The molecule has 0 spiro atoms. The second-order valence-corrected chi connectivity index (χ2v) is 8.48. The molecule has 9 nitrogen and oxygen atoms in total. The van der Waals surface area contributed by atoms with Crippen LogP contribution in [0.5, 0.6) is 0 Å². The van der Waals surface area contributed by atoms with Crippen molar-refractivity contribution in [2.45, 2.75) is 12.5 Å². The third kappa shape index (κ3) is 4.09. The highest BCUT2D eigenvalue weighted by molar-refractivity contribution is 5.73. The molecular weight excluding hydrogens is 442 g/mol. The Morgan fingerprint density at radius 2 is 1.83 bits per heavy atom. The number of benzene rings is 1. The second kappa shape index (κ2) is 9.36. The Balaban J connectivity index is 1.61. The number of morpholine rings is 1. The van der Waals surface area contributed by atoms with Gasteiger partial charge in [0.2, 0.25) is 5.95 Å². The first-order valence-corrected chi connectivity index (χ1v) is 11.8. The number of pyridine rings is 1. The molecule has 2 aliphatic heterocycles. The van der Waals surface area contributed by atoms with Gasteiger partial charge in [-0.3, -0.25) is 9.98 Å². The lowest BCUT2D eigenvalue weighted by atomic mass is 9.97. The molecule has 0 amide bonds. The Labute approximate surface area is 202 Å². The molecule has 9 heteroatoms. The van der Waals surface area contributed by atoms with Gasteiger partial charge in [0.1, 0.15) is 16.4 Å². The fourth-order valence-electron chi connectivity index (χ4n) is 4.64. The van der Waals surface area contributed by atoms with Crippen molar-refractivity contribution in [2.75, 3.05) is 37.8 Å². The number of ether oxygens (including phenoxy) is 1. The van der Waals surface area contributed by atoms with Crippen molar-refractivity contribution in [2.24, 2.45) is 4.99 Å². The van der Waals surface area contributed by atoms with E-state index < -0.39 is 0 Å². The number of rotatable bonds is 6. The molecule has 0 saturated carbocycles. The quantitative estimate of drug-likeness (QED) is 0.454. The summed E-state index contributed by atoms with van der Waals surface area (Å²) in [5.41, 5.74) is 4.67. The van der Waals surface area contributed by atoms with Crippen molar-refractivity contribution in [3.8, 4) is 16.9 Å². The fraction of sp³-hybridized carbons (Fsp3) is 0.269. The predicted molar refractivity (Wildman–Crippen MR) is 131 cm³/mol. The number of hydrogen-bond acceptors (Lipinski definition) is 8. The number of aliphatic hydroxyl groups excluding tert-OH is 1. The van der Waals surface area contributed by atoms with Gasteiger partial charge in [-0.2, -0.15) is 5.10 Å². The van der Waals surface area contributed by atoms with Crippen molar-refractivity contribution in [1.82, 2.24) is 24.7 Å². The van der Waals surface area contributed by atoms with Gasteiger partial charge in [0.15, 0.2) is 0 Å². The lowest BCUT2D eigenvalue weighted by Crippen LogP contribution is -2.41. The highest BCUT2D eigenvalue weighted by atomic mass is 16.5. The van der Waals surface area contributed by atoms with Gasteiger partial charge in [-0.05, 0) is 42.3 Å². The maximum atomic E-state index is 9.87. The zero-order valence-electron chi connectivity index (χ0n) is 19.2. The Morgan fingerprint density at radius 3 is 2.60 bits per heavy atom. The summed E-state index contributed by atoms with van der Waals surface area (Å²) < 4.78 is 7.38. The lowest BCUT2D eigenvalue weighted by Gasteiger charge is -2.27. The van der Waals surface area contributed by atoms with E-state index in [1.807, 2.05) is 41.2 Å². The van der Waals surface area contributed by atoms with E-state index in [0.29, 0.717) is 25.6 Å². The summed E-state index contributed by atoms with van der Waals surface area (Å²) in [6.07, 6.45) is 7.70. The molecule has 1 aromatic carbocycles. The molecule has 0 aliphatic carbocycles. The number of hydrogen-bond donors (Lipinski definition) is 1. The summed E-state index contributed by atoms with van der Waals surface area (Å²) >= 11 is 0. The summed E-state index contributed by atoms with van der Waals surface area (Å²) in [6.45, 7) is 2.78. The van der Waals surface area contributed by atoms with Crippen LogP contribution in [0.1, 0.15) is 12.0 Å². The van der Waals surface area contributed by atoms with Crippen molar-refractivity contribution in [1.29, 1.82) is 0 Å². The van der Waals surface area contributed by atoms with Gasteiger partial charge in [0.25, 0.3) is 0 Å². The minimum Gasteiger partial charge on any atom is -0.396 e. The summed E-state index contributed by atoms with van der Waals surface area (Å²) in [5.74, 6) is 0.666. The van der Waals surface area contributed by atoms with Gasteiger partial charge in [0, 0.05) is 55.6 Å². The van der Waals surface area contributed by atoms with E-state index in [0.717, 1.165) is 51.9 Å². The van der Waals surface area contributed by atoms with Crippen LogP contribution in [0.2, 0.25) is 0 Å². The van der Waals surface area contributed by atoms with Crippen LogP contribution in [-0.2, 0) is 4.74 Å². The average molecular weight is 468 g/mol. The van der Waals surface area contributed by atoms with Gasteiger partial charge < -0.3 is 14.7 Å². The van der Waals surface area contributed by atoms with Gasteiger partial charge in [-0.1, -0.05) is 12.1 Å². The van der Waals surface area contributed by atoms with Crippen molar-refractivity contribution in [3.63, 3.8) is 0 Å². The Kier molecular flexibility index (Phi) is 5.77. The third-order valence-corrected chi connectivity index (χ3v) is 6.32. The Hall–Kier alpha value is -3.95. The summed E-state index contributed by atoms with van der Waals surface area (Å²) in [6, 6.07) is 13.8. The number of aromatic nitrogens is 5. The number of nitrogens with zero attached hydrogens (tertiary/aromatic N) is 7. The first-order chi connectivity index (χ1) is 17.3. The molecule has 1 N–H and O–H groups in total. The van der Waals surface area contributed by atoms with Crippen LogP contribution in [0.4, 0.5) is 5.95 Å². The SMILES string of the molecule is OCCC1N=c2c(-c3ccncc3)nc(N3CCOCC3)nc2=C1c1cccc(-n2cccn2)c1. The van der Waals surface area contributed by atoms with Crippen LogP contribution in [0.25, 0.3) is 22.5 Å². The first-order valence-electron chi connectivity index (χ1n) is 11.8.